The standard InChI is InChI=1S/C17H20N4O3/c1-11(2)21-10-12(9-16(21)23)17(24)20-14-6-4-3-5-13(14)19-15(22)7-8-18/h3-6,11-12H,7,9-10H2,1-2H3,(H,19,22)(H,20,24). The third-order valence-corrected chi connectivity index (χ3v) is 3.85. The third kappa shape index (κ3) is 4.10. The number of carbonyl (C=O) groups excluding carboxylic acids is 3. The summed E-state index contributed by atoms with van der Waals surface area (Å²) in [5.41, 5.74) is 0.875. The van der Waals surface area contributed by atoms with Gasteiger partial charge in [0.1, 0.15) is 6.42 Å². The van der Waals surface area contributed by atoms with Crippen molar-refractivity contribution >= 4 is 29.1 Å². The van der Waals surface area contributed by atoms with E-state index >= 15 is 0 Å². The van der Waals surface area contributed by atoms with Gasteiger partial charge in [-0.25, -0.2) is 0 Å². The molecule has 7 heteroatoms. The minimum atomic E-state index is -0.443. The van der Waals surface area contributed by atoms with Crippen molar-refractivity contribution in [3.05, 3.63) is 24.3 Å². The Morgan fingerprint density at radius 1 is 1.29 bits per heavy atom. The number of nitriles is 1. The van der Waals surface area contributed by atoms with Gasteiger partial charge in [-0.15, -0.1) is 0 Å². The molecule has 0 spiro atoms. The van der Waals surface area contributed by atoms with Gasteiger partial charge in [0.2, 0.25) is 17.7 Å². The topological polar surface area (TPSA) is 102 Å². The van der Waals surface area contributed by atoms with Crippen molar-refractivity contribution in [1.82, 2.24) is 4.90 Å². The van der Waals surface area contributed by atoms with Crippen LogP contribution in [0.25, 0.3) is 0 Å². The monoisotopic (exact) mass is 328 g/mol. The maximum Gasteiger partial charge on any atom is 0.238 e. The quantitative estimate of drug-likeness (QED) is 0.859. The molecule has 7 nitrogen and oxygen atoms in total. The summed E-state index contributed by atoms with van der Waals surface area (Å²) in [6.45, 7) is 4.22. The smallest absolute Gasteiger partial charge is 0.238 e. The van der Waals surface area contributed by atoms with Crippen LogP contribution >= 0.6 is 0 Å². The zero-order valence-corrected chi connectivity index (χ0v) is 13.7. The molecule has 126 valence electrons. The highest BCUT2D eigenvalue weighted by molar-refractivity contribution is 6.02. The number of nitrogens with one attached hydrogen (secondary N) is 2. The van der Waals surface area contributed by atoms with Crippen LogP contribution in [0.4, 0.5) is 11.4 Å². The molecule has 0 bridgehead atoms. The molecule has 1 aliphatic rings. The molecule has 3 amide bonds. The molecule has 1 fully saturated rings. The number of para-hydroxylation sites is 2. The van der Waals surface area contributed by atoms with E-state index in [1.807, 2.05) is 13.8 Å². The number of nitrogens with zero attached hydrogens (tertiary/aromatic N) is 2. The average molecular weight is 328 g/mol. The summed E-state index contributed by atoms with van der Waals surface area (Å²) in [5.74, 6) is -1.14. The van der Waals surface area contributed by atoms with Gasteiger partial charge in [-0.1, -0.05) is 12.1 Å². The first kappa shape index (κ1) is 17.5. The van der Waals surface area contributed by atoms with Gasteiger partial charge in [0.05, 0.1) is 23.4 Å². The van der Waals surface area contributed by atoms with E-state index < -0.39 is 11.8 Å². The molecule has 0 aliphatic carbocycles. The highest BCUT2D eigenvalue weighted by Gasteiger charge is 2.35. The molecule has 0 radical (unpaired) electrons. The molecule has 1 aromatic rings. The molecule has 2 rings (SSSR count). The van der Waals surface area contributed by atoms with Crippen LogP contribution in [0.3, 0.4) is 0 Å². The molecule has 2 N–H and O–H groups in total. The van der Waals surface area contributed by atoms with Gasteiger partial charge >= 0.3 is 0 Å². The summed E-state index contributed by atoms with van der Waals surface area (Å²) < 4.78 is 0. The minimum absolute atomic E-state index is 0.0271. The third-order valence-electron chi connectivity index (χ3n) is 3.85. The fourth-order valence-corrected chi connectivity index (χ4v) is 2.61. The maximum atomic E-state index is 12.4. The second kappa shape index (κ2) is 7.59. The van der Waals surface area contributed by atoms with E-state index in [2.05, 4.69) is 10.6 Å². The van der Waals surface area contributed by atoms with Crippen molar-refractivity contribution in [3.8, 4) is 6.07 Å². The Balaban J connectivity index is 2.06. The van der Waals surface area contributed by atoms with E-state index in [1.165, 1.54) is 0 Å². The van der Waals surface area contributed by atoms with Crippen molar-refractivity contribution in [2.24, 2.45) is 5.92 Å². The van der Waals surface area contributed by atoms with E-state index in [-0.39, 0.29) is 30.7 Å². The molecule has 24 heavy (non-hydrogen) atoms. The fraction of sp³-hybridized carbons (Fsp3) is 0.412. The number of hydrogen-bond donors (Lipinski definition) is 2. The summed E-state index contributed by atoms with van der Waals surface area (Å²) in [4.78, 5) is 37.6. The Kier molecular flexibility index (Phi) is 5.53. The normalized spacial score (nSPS) is 16.8. The van der Waals surface area contributed by atoms with Crippen LogP contribution in [0.15, 0.2) is 24.3 Å². The number of likely N-dealkylation sites (tertiary alicyclic amines) is 1. The summed E-state index contributed by atoms with van der Waals surface area (Å²) in [6.07, 6.45) is -0.0737. The van der Waals surface area contributed by atoms with Crippen LogP contribution in [0, 0.1) is 17.2 Å². The van der Waals surface area contributed by atoms with Gasteiger partial charge in [-0.2, -0.15) is 5.26 Å². The first-order valence-corrected chi connectivity index (χ1v) is 7.78. The highest BCUT2D eigenvalue weighted by Crippen LogP contribution is 2.25. The second-order valence-corrected chi connectivity index (χ2v) is 5.96. The van der Waals surface area contributed by atoms with Gasteiger partial charge in [-0.3, -0.25) is 14.4 Å². The zero-order chi connectivity index (χ0) is 17.7. The van der Waals surface area contributed by atoms with Crippen LogP contribution in [-0.2, 0) is 14.4 Å². The van der Waals surface area contributed by atoms with Crippen molar-refractivity contribution in [3.63, 3.8) is 0 Å². The largest absolute Gasteiger partial charge is 0.339 e. The van der Waals surface area contributed by atoms with Crippen molar-refractivity contribution in [1.29, 1.82) is 5.26 Å². The number of benzene rings is 1. The molecule has 1 unspecified atom stereocenters. The number of amides is 3. The van der Waals surface area contributed by atoms with E-state index in [1.54, 1.807) is 35.2 Å². The molecular formula is C17H20N4O3. The van der Waals surface area contributed by atoms with Gasteiger partial charge in [-0.05, 0) is 26.0 Å². The maximum absolute atomic E-state index is 12.4. The first-order chi connectivity index (χ1) is 11.4. The second-order valence-electron chi connectivity index (χ2n) is 5.96. The Morgan fingerprint density at radius 3 is 2.46 bits per heavy atom. The summed E-state index contributed by atoms with van der Waals surface area (Å²) in [5, 5.41) is 13.9. The lowest BCUT2D eigenvalue weighted by atomic mass is 10.1. The van der Waals surface area contributed by atoms with Crippen molar-refractivity contribution in [2.75, 3.05) is 17.2 Å². The predicted molar refractivity (Wildman–Crippen MR) is 88.9 cm³/mol. The van der Waals surface area contributed by atoms with Crippen LogP contribution in [0.2, 0.25) is 0 Å². The lowest BCUT2D eigenvalue weighted by Gasteiger charge is -2.21. The molecule has 0 saturated carbocycles. The molecule has 1 aromatic carbocycles. The first-order valence-electron chi connectivity index (χ1n) is 7.78. The lowest BCUT2D eigenvalue weighted by molar-refractivity contribution is -0.129. The van der Waals surface area contributed by atoms with E-state index in [9.17, 15) is 14.4 Å². The SMILES string of the molecule is CC(C)N1CC(C(=O)Nc2ccccc2NC(=O)CC#N)CC1=O. The molecule has 1 saturated heterocycles. The zero-order valence-electron chi connectivity index (χ0n) is 13.7. The van der Waals surface area contributed by atoms with Crippen LogP contribution in [0.1, 0.15) is 26.7 Å². The van der Waals surface area contributed by atoms with E-state index in [4.69, 9.17) is 5.26 Å². The fourth-order valence-electron chi connectivity index (χ4n) is 2.61. The Morgan fingerprint density at radius 2 is 1.92 bits per heavy atom. The van der Waals surface area contributed by atoms with Crippen molar-refractivity contribution in [2.45, 2.75) is 32.7 Å². The summed E-state index contributed by atoms with van der Waals surface area (Å²) in [7, 11) is 0. The average Bonchev–Trinajstić information content (AvgIpc) is 2.92. The molecule has 1 atom stereocenters. The number of carbonyl (C=O) groups is 3. The molecule has 1 heterocycles. The Labute approximate surface area is 140 Å². The van der Waals surface area contributed by atoms with E-state index in [0.717, 1.165) is 0 Å². The number of anilines is 2. The van der Waals surface area contributed by atoms with Gasteiger partial charge in [0.15, 0.2) is 0 Å². The summed E-state index contributed by atoms with van der Waals surface area (Å²) in [6, 6.07) is 8.59. The highest BCUT2D eigenvalue weighted by atomic mass is 16.2. The van der Waals surface area contributed by atoms with Crippen molar-refractivity contribution < 1.29 is 14.4 Å². The molecule has 0 aromatic heterocycles. The van der Waals surface area contributed by atoms with Gasteiger partial charge in [0, 0.05) is 19.0 Å². The van der Waals surface area contributed by atoms with E-state index in [0.29, 0.717) is 17.9 Å². The van der Waals surface area contributed by atoms with Gasteiger partial charge in [0.25, 0.3) is 0 Å². The number of hydrogen-bond acceptors (Lipinski definition) is 4. The van der Waals surface area contributed by atoms with Crippen LogP contribution < -0.4 is 10.6 Å². The minimum Gasteiger partial charge on any atom is -0.339 e. The van der Waals surface area contributed by atoms with Crippen LogP contribution in [-0.4, -0.2) is 35.2 Å². The summed E-state index contributed by atoms with van der Waals surface area (Å²) >= 11 is 0. The molecule has 1 aliphatic heterocycles. The molecular weight excluding hydrogens is 308 g/mol. The Hall–Kier alpha value is -2.88. The number of rotatable bonds is 5. The van der Waals surface area contributed by atoms with Crippen LogP contribution in [0.5, 0.6) is 0 Å². The predicted octanol–water partition coefficient (Wildman–Crippen LogP) is 1.73. The lowest BCUT2D eigenvalue weighted by Crippen LogP contribution is -2.33. The Bertz CT molecular complexity index is 693. The van der Waals surface area contributed by atoms with Gasteiger partial charge < -0.3 is 15.5 Å².